The van der Waals surface area contributed by atoms with Crippen LogP contribution in [0.1, 0.15) is 6.92 Å². The van der Waals surface area contributed by atoms with E-state index in [1.807, 2.05) is 22.8 Å². The molecule has 2 aromatic heterocycles. The maximum atomic E-state index is 14.5. The van der Waals surface area contributed by atoms with Gasteiger partial charge >= 0.3 is 0 Å². The molecule has 0 aliphatic heterocycles. The number of imidazole rings is 1. The van der Waals surface area contributed by atoms with E-state index < -0.39 is 11.6 Å². The fourth-order valence-electron chi connectivity index (χ4n) is 3.79. The number of rotatable bonds is 4. The Bertz CT molecular complexity index is 1550. The van der Waals surface area contributed by atoms with Crippen molar-refractivity contribution in [1.29, 1.82) is 0 Å². The SMILES string of the molecule is CC(=O)Nc1cc(-c2ccc(F)cc2F)cc(-n2cnc3cc(-c4cnc(N)nc4)ccc32)c1. The number of nitrogens with one attached hydrogen (secondary N) is 1. The highest BCUT2D eigenvalue weighted by atomic mass is 19.1. The first-order valence-corrected chi connectivity index (χ1v) is 10.3. The summed E-state index contributed by atoms with van der Waals surface area (Å²) in [6.45, 7) is 1.39. The molecule has 5 aromatic rings. The molecule has 0 aliphatic carbocycles. The molecule has 9 heteroatoms. The summed E-state index contributed by atoms with van der Waals surface area (Å²) >= 11 is 0. The fourth-order valence-corrected chi connectivity index (χ4v) is 3.79. The smallest absolute Gasteiger partial charge is 0.221 e. The number of fused-ring (bicyclic) bond motifs is 1. The van der Waals surface area contributed by atoms with Crippen molar-refractivity contribution in [1.82, 2.24) is 19.5 Å². The van der Waals surface area contributed by atoms with Crippen molar-refractivity contribution in [2.24, 2.45) is 0 Å². The van der Waals surface area contributed by atoms with E-state index in [1.165, 1.54) is 19.1 Å². The van der Waals surface area contributed by atoms with Gasteiger partial charge in [-0.25, -0.2) is 23.7 Å². The van der Waals surface area contributed by atoms with Gasteiger partial charge < -0.3 is 11.1 Å². The molecule has 0 saturated carbocycles. The van der Waals surface area contributed by atoms with Gasteiger partial charge in [0, 0.05) is 47.9 Å². The molecule has 7 nitrogen and oxygen atoms in total. The molecule has 0 atom stereocenters. The van der Waals surface area contributed by atoms with Crippen LogP contribution in [0.2, 0.25) is 0 Å². The number of nitrogens with zero attached hydrogens (tertiary/aromatic N) is 4. The molecule has 34 heavy (non-hydrogen) atoms. The zero-order valence-electron chi connectivity index (χ0n) is 18.0. The summed E-state index contributed by atoms with van der Waals surface area (Å²) in [6, 6.07) is 14.3. The molecular weight excluding hydrogens is 438 g/mol. The minimum Gasteiger partial charge on any atom is -0.368 e. The van der Waals surface area contributed by atoms with Crippen molar-refractivity contribution >= 4 is 28.6 Å². The standard InChI is InChI=1S/C25H18F2N6O/c1-14(34)32-19-6-16(21-4-3-18(26)9-22(21)27)7-20(10-19)33-13-31-23-8-15(2-5-24(23)33)17-11-29-25(28)30-12-17/h2-13H,1H3,(H,32,34)(H2,28,29,30). The third-order valence-electron chi connectivity index (χ3n) is 5.31. The number of halogens is 2. The van der Waals surface area contributed by atoms with E-state index in [0.717, 1.165) is 22.7 Å². The largest absolute Gasteiger partial charge is 0.368 e. The van der Waals surface area contributed by atoms with Crippen LogP contribution >= 0.6 is 0 Å². The number of nitrogen functional groups attached to an aromatic ring is 1. The summed E-state index contributed by atoms with van der Waals surface area (Å²) in [5, 5.41) is 2.74. The van der Waals surface area contributed by atoms with E-state index in [4.69, 9.17) is 5.73 Å². The zero-order chi connectivity index (χ0) is 23.8. The molecular formula is C25H18F2N6O. The van der Waals surface area contributed by atoms with Gasteiger partial charge in [-0.15, -0.1) is 0 Å². The van der Waals surface area contributed by atoms with Crippen molar-refractivity contribution in [3.8, 4) is 27.9 Å². The number of nitrogens with two attached hydrogens (primary N) is 1. The summed E-state index contributed by atoms with van der Waals surface area (Å²) in [6.07, 6.45) is 4.92. The Morgan fingerprint density at radius 2 is 1.71 bits per heavy atom. The number of amides is 1. The second-order valence-corrected chi connectivity index (χ2v) is 7.72. The van der Waals surface area contributed by atoms with Crippen molar-refractivity contribution in [2.45, 2.75) is 6.92 Å². The number of anilines is 2. The van der Waals surface area contributed by atoms with Crippen molar-refractivity contribution in [3.63, 3.8) is 0 Å². The van der Waals surface area contributed by atoms with Gasteiger partial charge in [0.2, 0.25) is 11.9 Å². The molecule has 0 spiro atoms. The molecule has 1 amide bonds. The minimum absolute atomic E-state index is 0.196. The Kier molecular flexibility index (Phi) is 5.21. The fraction of sp³-hybridized carbons (Fsp3) is 0.0400. The lowest BCUT2D eigenvalue weighted by Gasteiger charge is -2.13. The van der Waals surface area contributed by atoms with Crippen LogP contribution < -0.4 is 11.1 Å². The van der Waals surface area contributed by atoms with Gasteiger partial charge in [0.05, 0.1) is 11.0 Å². The highest BCUT2D eigenvalue weighted by Crippen LogP contribution is 2.31. The van der Waals surface area contributed by atoms with E-state index in [1.54, 1.807) is 36.9 Å². The Hall–Kier alpha value is -4.66. The van der Waals surface area contributed by atoms with Gasteiger partial charge in [-0.05, 0) is 53.6 Å². The summed E-state index contributed by atoms with van der Waals surface area (Å²) in [5.41, 5.74) is 10.6. The maximum Gasteiger partial charge on any atom is 0.221 e. The number of carbonyl (C=O) groups is 1. The van der Waals surface area contributed by atoms with Crippen molar-refractivity contribution < 1.29 is 13.6 Å². The molecule has 168 valence electrons. The highest BCUT2D eigenvalue weighted by molar-refractivity contribution is 5.91. The maximum absolute atomic E-state index is 14.5. The average molecular weight is 456 g/mol. The number of hydrogen-bond donors (Lipinski definition) is 2. The lowest BCUT2D eigenvalue weighted by atomic mass is 10.0. The lowest BCUT2D eigenvalue weighted by Crippen LogP contribution is -2.07. The third kappa shape index (κ3) is 4.06. The Morgan fingerprint density at radius 3 is 2.44 bits per heavy atom. The molecule has 0 aliphatic rings. The van der Waals surface area contributed by atoms with Crippen LogP contribution in [0.25, 0.3) is 39.0 Å². The van der Waals surface area contributed by atoms with E-state index in [2.05, 4.69) is 20.3 Å². The minimum atomic E-state index is -0.697. The normalized spacial score (nSPS) is 11.0. The molecule has 3 aromatic carbocycles. The second kappa shape index (κ2) is 8.36. The topological polar surface area (TPSA) is 98.7 Å². The van der Waals surface area contributed by atoms with Crippen LogP contribution in [0.5, 0.6) is 0 Å². The average Bonchev–Trinajstić information content (AvgIpc) is 3.22. The molecule has 2 heterocycles. The van der Waals surface area contributed by atoms with Crippen LogP contribution in [0.15, 0.2) is 73.3 Å². The van der Waals surface area contributed by atoms with Crippen LogP contribution in [0.4, 0.5) is 20.4 Å². The predicted molar refractivity (Wildman–Crippen MR) is 126 cm³/mol. The molecule has 0 fully saturated rings. The van der Waals surface area contributed by atoms with Crippen LogP contribution in [0, 0.1) is 11.6 Å². The van der Waals surface area contributed by atoms with E-state index in [0.29, 0.717) is 22.5 Å². The van der Waals surface area contributed by atoms with E-state index >= 15 is 0 Å². The molecule has 0 unspecified atom stereocenters. The summed E-state index contributed by atoms with van der Waals surface area (Å²) < 4.78 is 29.8. The number of hydrogen-bond acceptors (Lipinski definition) is 5. The second-order valence-electron chi connectivity index (χ2n) is 7.72. The molecule has 0 bridgehead atoms. The predicted octanol–water partition coefficient (Wildman–Crippen LogP) is 4.97. The molecule has 5 rings (SSSR count). The first-order valence-electron chi connectivity index (χ1n) is 10.3. The van der Waals surface area contributed by atoms with Gasteiger partial charge in [-0.2, -0.15) is 0 Å². The van der Waals surface area contributed by atoms with Crippen LogP contribution in [-0.4, -0.2) is 25.4 Å². The summed E-state index contributed by atoms with van der Waals surface area (Å²) in [5.74, 6) is -1.44. The molecule has 0 radical (unpaired) electrons. The first-order chi connectivity index (χ1) is 16.4. The van der Waals surface area contributed by atoms with Crippen molar-refractivity contribution in [3.05, 3.63) is 85.0 Å². The quantitative estimate of drug-likeness (QED) is 0.398. The Morgan fingerprint density at radius 1 is 0.912 bits per heavy atom. The van der Waals surface area contributed by atoms with E-state index in [-0.39, 0.29) is 17.4 Å². The summed E-state index contributed by atoms with van der Waals surface area (Å²) in [4.78, 5) is 24.3. The van der Waals surface area contributed by atoms with Gasteiger partial charge in [-0.3, -0.25) is 9.36 Å². The first kappa shape index (κ1) is 21.2. The number of aromatic nitrogens is 4. The Balaban J connectivity index is 1.62. The molecule has 0 saturated heterocycles. The Labute approximate surface area is 192 Å². The zero-order valence-corrected chi connectivity index (χ0v) is 18.0. The third-order valence-corrected chi connectivity index (χ3v) is 5.31. The van der Waals surface area contributed by atoms with Gasteiger partial charge in [0.15, 0.2) is 0 Å². The number of carbonyl (C=O) groups excluding carboxylic acids is 1. The lowest BCUT2D eigenvalue weighted by molar-refractivity contribution is -0.114. The van der Waals surface area contributed by atoms with Crippen LogP contribution in [0.3, 0.4) is 0 Å². The monoisotopic (exact) mass is 456 g/mol. The highest BCUT2D eigenvalue weighted by Gasteiger charge is 2.13. The van der Waals surface area contributed by atoms with Gasteiger partial charge in [0.25, 0.3) is 0 Å². The van der Waals surface area contributed by atoms with Gasteiger partial charge in [-0.1, -0.05) is 6.07 Å². The van der Waals surface area contributed by atoms with Gasteiger partial charge in [0.1, 0.15) is 18.0 Å². The molecule has 3 N–H and O–H groups in total. The summed E-state index contributed by atoms with van der Waals surface area (Å²) in [7, 11) is 0. The van der Waals surface area contributed by atoms with Crippen molar-refractivity contribution in [2.75, 3.05) is 11.1 Å². The number of benzene rings is 3. The van der Waals surface area contributed by atoms with E-state index in [9.17, 15) is 13.6 Å². The van der Waals surface area contributed by atoms with Crippen LogP contribution in [-0.2, 0) is 4.79 Å².